The van der Waals surface area contributed by atoms with Gasteiger partial charge in [0.2, 0.25) is 12.5 Å². The third-order valence-corrected chi connectivity index (χ3v) is 1.55. The van der Waals surface area contributed by atoms with E-state index in [1.807, 2.05) is 0 Å². The molecule has 7 nitrogen and oxygen atoms in total. The minimum absolute atomic E-state index is 0.208. The number of nitrogens with zero attached hydrogens (tertiary/aromatic N) is 2. The lowest BCUT2D eigenvalue weighted by Crippen LogP contribution is -2.32. The van der Waals surface area contributed by atoms with E-state index in [1.165, 1.54) is 13.2 Å². The number of methoxy groups -OCH3 is 1. The monoisotopic (exact) mass is 214 g/mol. The summed E-state index contributed by atoms with van der Waals surface area (Å²) in [4.78, 5) is 26.6. The molecule has 15 heavy (non-hydrogen) atoms. The number of carboxylic acids is 1. The maximum atomic E-state index is 11.2. The Morgan fingerprint density at radius 3 is 2.87 bits per heavy atom. The number of ether oxygens (including phenoxy) is 1. The highest BCUT2D eigenvalue weighted by Gasteiger charge is 2.07. The molecule has 0 saturated carbocycles. The second-order valence-electron chi connectivity index (χ2n) is 2.71. The molecule has 0 saturated heterocycles. The summed E-state index contributed by atoms with van der Waals surface area (Å²) in [5.41, 5.74) is 0.00669. The predicted octanol–water partition coefficient (Wildman–Crippen LogP) is -0.926. The Morgan fingerprint density at radius 1 is 1.67 bits per heavy atom. The molecule has 1 aromatic heterocycles. The van der Waals surface area contributed by atoms with Gasteiger partial charge in [0.05, 0.1) is 7.11 Å². The van der Waals surface area contributed by atoms with Crippen molar-refractivity contribution < 1.29 is 19.5 Å². The molecular weight excluding hydrogens is 204 g/mol. The number of aryl methyl sites for hydroxylation is 1. The summed E-state index contributed by atoms with van der Waals surface area (Å²) in [6.07, 6.45) is 0. The number of aromatic nitrogens is 2. The highest BCUT2D eigenvalue weighted by Crippen LogP contribution is 2.08. The smallest absolute Gasteiger partial charge is 0.344 e. The van der Waals surface area contributed by atoms with Crippen molar-refractivity contribution in [3.05, 3.63) is 22.0 Å². The van der Waals surface area contributed by atoms with Crippen molar-refractivity contribution in [1.29, 1.82) is 0 Å². The van der Waals surface area contributed by atoms with Crippen molar-refractivity contribution in [2.75, 3.05) is 13.7 Å². The van der Waals surface area contributed by atoms with E-state index in [0.29, 0.717) is 10.4 Å². The van der Waals surface area contributed by atoms with Gasteiger partial charge in [-0.3, -0.25) is 4.79 Å². The first-order valence-corrected chi connectivity index (χ1v) is 4.04. The number of carbonyl (C=O) groups is 1. The summed E-state index contributed by atoms with van der Waals surface area (Å²) in [5, 5.41) is 12.0. The summed E-state index contributed by atoms with van der Waals surface area (Å²) in [7, 11) is 1.39. The Kier molecular flexibility index (Phi) is 3.27. The van der Waals surface area contributed by atoms with E-state index in [9.17, 15) is 9.59 Å². The minimum atomic E-state index is -1.19. The fraction of sp³-hybridized carbons (Fsp3) is 0.375. The van der Waals surface area contributed by atoms with Crippen molar-refractivity contribution in [3.8, 4) is 5.88 Å². The topological polar surface area (TPSA) is 90.7 Å². The van der Waals surface area contributed by atoms with Crippen molar-refractivity contribution in [2.24, 2.45) is 0 Å². The zero-order valence-electron chi connectivity index (χ0n) is 8.26. The lowest BCUT2D eigenvalue weighted by molar-refractivity contribution is -0.143. The van der Waals surface area contributed by atoms with E-state index >= 15 is 0 Å². The molecule has 0 fully saturated rings. The highest BCUT2D eigenvalue weighted by molar-refractivity contribution is 5.68. The molecule has 82 valence electrons. The van der Waals surface area contributed by atoms with Crippen LogP contribution in [-0.2, 0) is 4.79 Å². The van der Waals surface area contributed by atoms with Crippen LogP contribution in [0.2, 0.25) is 0 Å². The average molecular weight is 214 g/mol. The van der Waals surface area contributed by atoms with Gasteiger partial charge in [0.15, 0.2) is 0 Å². The second-order valence-corrected chi connectivity index (χ2v) is 2.71. The Hall–Kier alpha value is -2.05. The predicted molar refractivity (Wildman–Crippen MR) is 48.9 cm³/mol. The maximum Gasteiger partial charge on any atom is 0.344 e. The first-order valence-electron chi connectivity index (χ1n) is 4.04. The van der Waals surface area contributed by atoms with Crippen LogP contribution in [0.15, 0.2) is 10.9 Å². The Morgan fingerprint density at radius 2 is 2.33 bits per heavy atom. The molecule has 0 spiro atoms. The summed E-state index contributed by atoms with van der Waals surface area (Å²) >= 11 is 0. The van der Waals surface area contributed by atoms with Gasteiger partial charge in [0, 0.05) is 11.6 Å². The van der Waals surface area contributed by atoms with Gasteiger partial charge in [-0.25, -0.2) is 4.79 Å². The maximum absolute atomic E-state index is 11.2. The van der Waals surface area contributed by atoms with E-state index in [2.05, 4.69) is 9.94 Å². The molecule has 0 aromatic carbocycles. The summed E-state index contributed by atoms with van der Waals surface area (Å²) in [6, 6.07) is 1.24. The van der Waals surface area contributed by atoms with Crippen LogP contribution in [0, 0.1) is 6.92 Å². The van der Waals surface area contributed by atoms with Gasteiger partial charge in [0.1, 0.15) is 0 Å². The zero-order chi connectivity index (χ0) is 11.4. The van der Waals surface area contributed by atoms with Crippen LogP contribution in [-0.4, -0.2) is 34.7 Å². The number of carboxylic acid groups (broad SMARTS) is 1. The first kappa shape index (κ1) is 11.0. The molecule has 0 aliphatic rings. The summed E-state index contributed by atoms with van der Waals surface area (Å²) in [6.45, 7) is 1.01. The molecule has 0 atom stereocenters. The summed E-state index contributed by atoms with van der Waals surface area (Å²) < 4.78 is 4.85. The molecule has 0 unspecified atom stereocenters. The third kappa shape index (κ3) is 2.70. The van der Waals surface area contributed by atoms with E-state index in [4.69, 9.17) is 9.84 Å². The fourth-order valence-corrected chi connectivity index (χ4v) is 0.923. The molecule has 0 amide bonds. The molecule has 0 aliphatic heterocycles. The largest absolute Gasteiger partial charge is 0.480 e. The van der Waals surface area contributed by atoms with Crippen LogP contribution >= 0.6 is 0 Å². The normalized spacial score (nSPS) is 9.73. The minimum Gasteiger partial charge on any atom is -0.480 e. The number of aliphatic carboxylic acids is 1. The van der Waals surface area contributed by atoms with Gasteiger partial charge in [-0.15, -0.1) is 0 Å². The molecule has 1 N–H and O–H groups in total. The van der Waals surface area contributed by atoms with Gasteiger partial charge in [0.25, 0.3) is 0 Å². The van der Waals surface area contributed by atoms with Gasteiger partial charge < -0.3 is 14.7 Å². The van der Waals surface area contributed by atoms with E-state index in [0.717, 1.165) is 0 Å². The SMILES string of the molecule is COc1nn(OCC(=O)O)c(=O)cc1C. The van der Waals surface area contributed by atoms with Crippen LogP contribution in [0.5, 0.6) is 5.88 Å². The van der Waals surface area contributed by atoms with Crippen molar-refractivity contribution in [3.63, 3.8) is 0 Å². The quantitative estimate of drug-likeness (QED) is 0.696. The number of hydrogen-bond donors (Lipinski definition) is 1. The average Bonchev–Trinajstić information content (AvgIpc) is 2.16. The van der Waals surface area contributed by atoms with Crippen molar-refractivity contribution >= 4 is 5.97 Å². The van der Waals surface area contributed by atoms with E-state index in [1.54, 1.807) is 6.92 Å². The standard InChI is InChI=1S/C8H10N2O5/c1-5-3-6(11)10(9-8(5)14-2)15-4-7(12)13/h3H,4H2,1-2H3,(H,12,13). The molecular formula is C8H10N2O5. The van der Waals surface area contributed by atoms with Gasteiger partial charge >= 0.3 is 11.5 Å². The molecule has 1 rings (SSSR count). The Bertz CT molecular complexity index is 426. The second kappa shape index (κ2) is 4.45. The van der Waals surface area contributed by atoms with E-state index < -0.39 is 18.1 Å². The third-order valence-electron chi connectivity index (χ3n) is 1.55. The first-order chi connectivity index (χ1) is 7.04. The van der Waals surface area contributed by atoms with Crippen molar-refractivity contribution in [1.82, 2.24) is 9.94 Å². The summed E-state index contributed by atoms with van der Waals surface area (Å²) in [5.74, 6) is -0.983. The molecule has 1 heterocycles. The Labute approximate surface area is 84.8 Å². The van der Waals surface area contributed by atoms with Crippen LogP contribution in [0.25, 0.3) is 0 Å². The zero-order valence-corrected chi connectivity index (χ0v) is 8.26. The van der Waals surface area contributed by atoms with Crippen LogP contribution in [0.4, 0.5) is 0 Å². The van der Waals surface area contributed by atoms with Gasteiger partial charge in [-0.1, -0.05) is 9.94 Å². The molecule has 0 aliphatic carbocycles. The van der Waals surface area contributed by atoms with Gasteiger partial charge in [-0.2, -0.15) is 0 Å². The lowest BCUT2D eigenvalue weighted by atomic mass is 10.3. The number of hydrogen-bond acceptors (Lipinski definition) is 5. The van der Waals surface area contributed by atoms with Gasteiger partial charge in [-0.05, 0) is 6.92 Å². The van der Waals surface area contributed by atoms with E-state index in [-0.39, 0.29) is 5.88 Å². The highest BCUT2D eigenvalue weighted by atomic mass is 16.7. The molecule has 1 aromatic rings. The molecule has 0 radical (unpaired) electrons. The number of rotatable bonds is 4. The molecule has 0 bridgehead atoms. The molecule has 7 heteroatoms. The van der Waals surface area contributed by atoms with Crippen molar-refractivity contribution in [2.45, 2.75) is 6.92 Å². The van der Waals surface area contributed by atoms with Crippen LogP contribution in [0.3, 0.4) is 0 Å². The lowest BCUT2D eigenvalue weighted by Gasteiger charge is -2.07. The van der Waals surface area contributed by atoms with Crippen LogP contribution < -0.4 is 15.1 Å². The Balaban J connectivity index is 2.97. The van der Waals surface area contributed by atoms with Crippen LogP contribution in [0.1, 0.15) is 5.56 Å². The fourth-order valence-electron chi connectivity index (χ4n) is 0.923.